The largest absolute Gasteiger partial charge is 0.397 e. The average Bonchev–Trinajstić information content (AvgIpc) is 2.77. The Bertz CT molecular complexity index is 934. The lowest BCUT2D eigenvalue weighted by atomic mass is 10.1. The smallest absolute Gasteiger partial charge is 0.297 e. The van der Waals surface area contributed by atoms with Gasteiger partial charge in [-0.25, -0.2) is 9.67 Å². The molecule has 0 aliphatic heterocycles. The molecule has 0 saturated carbocycles. The number of nitrogens with two attached hydrogens (primary N) is 2. The molecule has 1 heterocycles. The van der Waals surface area contributed by atoms with Gasteiger partial charge in [-0.2, -0.15) is 0 Å². The van der Waals surface area contributed by atoms with Gasteiger partial charge in [0.15, 0.2) is 5.69 Å². The second-order valence-electron chi connectivity index (χ2n) is 5.58. The maximum Gasteiger partial charge on any atom is 0.297 e. The first kappa shape index (κ1) is 16.3. The van der Waals surface area contributed by atoms with Gasteiger partial charge in [0.1, 0.15) is 0 Å². The minimum Gasteiger partial charge on any atom is -0.397 e. The summed E-state index contributed by atoms with van der Waals surface area (Å²) in [6, 6.07) is 8.94. The number of rotatable bonds is 2. The fourth-order valence-corrected chi connectivity index (χ4v) is 2.74. The normalized spacial score (nSPS) is 19.3. The maximum atomic E-state index is 12.8. The van der Waals surface area contributed by atoms with Gasteiger partial charge in [-0.15, -0.1) is 0 Å². The van der Waals surface area contributed by atoms with Crippen LogP contribution in [0.3, 0.4) is 0 Å². The zero-order chi connectivity index (χ0) is 17.4. The van der Waals surface area contributed by atoms with Crippen molar-refractivity contribution in [2.75, 3.05) is 0 Å². The third-order valence-corrected chi connectivity index (χ3v) is 4.37. The van der Waals surface area contributed by atoms with Crippen LogP contribution in [0.4, 0.5) is 5.69 Å². The molecule has 4 N–H and O–H groups in total. The van der Waals surface area contributed by atoms with Gasteiger partial charge < -0.3 is 11.5 Å². The molecule has 0 fully saturated rings. The van der Waals surface area contributed by atoms with Crippen LogP contribution in [-0.4, -0.2) is 21.1 Å². The van der Waals surface area contributed by atoms with E-state index < -0.39 is 6.04 Å². The van der Waals surface area contributed by atoms with E-state index in [1.807, 2.05) is 44.3 Å². The molecule has 0 spiro atoms. The lowest BCUT2D eigenvalue weighted by Crippen LogP contribution is -2.26. The summed E-state index contributed by atoms with van der Waals surface area (Å²) in [6.45, 7) is 1.83. The standard InChI is InChI=1S/C17H18ClN5O/c1-10-16(21-15-8-12(18)13(19)9-14(15)20)17(24)23(22(10)2)11-6-4-3-5-7-11/h3-9,13H,19-20H2,1-2H3. The molecule has 1 aliphatic carbocycles. The number of nitrogens with zero attached hydrogens (tertiary/aromatic N) is 3. The second kappa shape index (κ2) is 6.14. The van der Waals surface area contributed by atoms with E-state index in [2.05, 4.69) is 4.99 Å². The summed E-state index contributed by atoms with van der Waals surface area (Å²) in [5, 5.41) is 0.430. The van der Waals surface area contributed by atoms with Gasteiger partial charge in [0.25, 0.3) is 5.56 Å². The van der Waals surface area contributed by atoms with Crippen molar-refractivity contribution < 1.29 is 0 Å². The van der Waals surface area contributed by atoms with E-state index >= 15 is 0 Å². The lowest BCUT2D eigenvalue weighted by molar-refractivity contribution is 0.630. The van der Waals surface area contributed by atoms with Gasteiger partial charge in [0.05, 0.1) is 28.8 Å². The summed E-state index contributed by atoms with van der Waals surface area (Å²) in [6.07, 6.45) is 3.22. The monoisotopic (exact) mass is 343 g/mol. The van der Waals surface area contributed by atoms with Crippen molar-refractivity contribution in [2.45, 2.75) is 13.0 Å². The van der Waals surface area contributed by atoms with Crippen molar-refractivity contribution in [3.63, 3.8) is 0 Å². The maximum absolute atomic E-state index is 12.8. The van der Waals surface area contributed by atoms with Crippen LogP contribution in [0.1, 0.15) is 5.69 Å². The molecule has 1 aliphatic rings. The van der Waals surface area contributed by atoms with E-state index in [-0.39, 0.29) is 5.56 Å². The molecule has 7 heteroatoms. The minimum absolute atomic E-state index is 0.221. The van der Waals surface area contributed by atoms with E-state index in [1.165, 1.54) is 0 Å². The molecule has 124 valence electrons. The Labute approximate surface area is 144 Å². The number of hydrogen-bond donors (Lipinski definition) is 2. The van der Waals surface area contributed by atoms with Gasteiger partial charge in [-0.05, 0) is 31.2 Å². The van der Waals surface area contributed by atoms with Crippen LogP contribution in [0.5, 0.6) is 0 Å². The Kier molecular flexibility index (Phi) is 4.17. The van der Waals surface area contributed by atoms with Crippen LogP contribution in [0, 0.1) is 6.92 Å². The first-order valence-electron chi connectivity index (χ1n) is 7.43. The average molecular weight is 344 g/mol. The van der Waals surface area contributed by atoms with Crippen molar-refractivity contribution in [1.82, 2.24) is 9.36 Å². The van der Waals surface area contributed by atoms with Gasteiger partial charge in [-0.3, -0.25) is 9.48 Å². The predicted molar refractivity (Wildman–Crippen MR) is 97.0 cm³/mol. The van der Waals surface area contributed by atoms with Gasteiger partial charge in [-0.1, -0.05) is 29.8 Å². The van der Waals surface area contributed by atoms with E-state index in [0.717, 1.165) is 11.4 Å². The van der Waals surface area contributed by atoms with Crippen LogP contribution >= 0.6 is 11.6 Å². The van der Waals surface area contributed by atoms with Crippen LogP contribution in [0.2, 0.25) is 0 Å². The summed E-state index contributed by atoms with van der Waals surface area (Å²) in [4.78, 5) is 17.3. The van der Waals surface area contributed by atoms with Gasteiger partial charge >= 0.3 is 0 Å². The van der Waals surface area contributed by atoms with Crippen molar-refractivity contribution in [3.8, 4) is 5.69 Å². The fraction of sp³-hybridized carbons (Fsp3) is 0.176. The summed E-state index contributed by atoms with van der Waals surface area (Å²) in [7, 11) is 1.81. The Balaban J connectivity index is 2.16. The van der Waals surface area contributed by atoms with Crippen LogP contribution < -0.4 is 17.0 Å². The topological polar surface area (TPSA) is 91.3 Å². The summed E-state index contributed by atoms with van der Waals surface area (Å²) in [5.74, 6) is 0. The van der Waals surface area contributed by atoms with E-state index in [9.17, 15) is 4.79 Å². The van der Waals surface area contributed by atoms with Crippen LogP contribution in [0.25, 0.3) is 5.69 Å². The molecular formula is C17H18ClN5O. The molecule has 6 nitrogen and oxygen atoms in total. The predicted octanol–water partition coefficient (Wildman–Crippen LogP) is 1.86. The van der Waals surface area contributed by atoms with Crippen molar-refractivity contribution in [3.05, 3.63) is 69.3 Å². The first-order chi connectivity index (χ1) is 11.4. The summed E-state index contributed by atoms with van der Waals surface area (Å²) < 4.78 is 3.32. The van der Waals surface area contributed by atoms with Gasteiger partial charge in [0, 0.05) is 12.1 Å². The first-order valence-corrected chi connectivity index (χ1v) is 7.81. The number of benzene rings is 1. The van der Waals surface area contributed by atoms with E-state index in [0.29, 0.717) is 22.1 Å². The second-order valence-corrected chi connectivity index (χ2v) is 6.02. The highest BCUT2D eigenvalue weighted by molar-refractivity contribution is 6.33. The molecule has 0 amide bonds. The van der Waals surface area contributed by atoms with E-state index in [4.69, 9.17) is 23.1 Å². The number of halogens is 1. The molecule has 1 aromatic carbocycles. The van der Waals surface area contributed by atoms with Crippen LogP contribution in [0.15, 0.2) is 63.0 Å². The highest BCUT2D eigenvalue weighted by atomic mass is 35.5. The number of allylic oxidation sites excluding steroid dienone is 1. The minimum atomic E-state index is -0.441. The van der Waals surface area contributed by atoms with Crippen LogP contribution in [-0.2, 0) is 7.05 Å². The zero-order valence-electron chi connectivity index (χ0n) is 13.4. The number of hydrogen-bond acceptors (Lipinski definition) is 4. The summed E-state index contributed by atoms with van der Waals surface area (Å²) >= 11 is 6.07. The molecular weight excluding hydrogens is 326 g/mol. The van der Waals surface area contributed by atoms with Gasteiger partial charge in [0.2, 0.25) is 0 Å². The van der Waals surface area contributed by atoms with Crippen molar-refractivity contribution in [1.29, 1.82) is 0 Å². The molecule has 0 radical (unpaired) electrons. The molecule has 1 atom stereocenters. The Morgan fingerprint density at radius 3 is 2.58 bits per heavy atom. The lowest BCUT2D eigenvalue weighted by Gasteiger charge is -2.14. The molecule has 2 aromatic rings. The zero-order valence-corrected chi connectivity index (χ0v) is 14.2. The summed E-state index contributed by atoms with van der Waals surface area (Å²) in [5.41, 5.74) is 14.2. The fourth-order valence-electron chi connectivity index (χ4n) is 2.57. The molecule has 3 rings (SSSR count). The molecule has 0 saturated heterocycles. The highest BCUT2D eigenvalue weighted by Gasteiger charge is 2.19. The third-order valence-electron chi connectivity index (χ3n) is 4.00. The molecule has 24 heavy (non-hydrogen) atoms. The molecule has 1 aromatic heterocycles. The quantitative estimate of drug-likeness (QED) is 0.871. The molecule has 0 bridgehead atoms. The van der Waals surface area contributed by atoms with Crippen molar-refractivity contribution in [2.24, 2.45) is 23.5 Å². The molecule has 1 unspecified atom stereocenters. The Morgan fingerprint density at radius 1 is 1.25 bits per heavy atom. The highest BCUT2D eigenvalue weighted by Crippen LogP contribution is 2.21. The Hall–Kier alpha value is -2.57. The number of aromatic nitrogens is 2. The SMILES string of the molecule is Cc1c(N=C2C=C(Cl)C(N)C=C2N)c(=O)n(-c2ccccc2)n1C. The number of para-hydroxylation sites is 1. The third kappa shape index (κ3) is 2.70. The van der Waals surface area contributed by atoms with E-state index in [1.54, 1.807) is 21.5 Å². The number of aliphatic imine (C=N–C) groups is 1. The van der Waals surface area contributed by atoms with Crippen molar-refractivity contribution >= 4 is 23.0 Å². The Morgan fingerprint density at radius 2 is 1.92 bits per heavy atom.